The molecule has 5 nitrogen and oxygen atoms in total. The molecule has 0 spiro atoms. The fraction of sp³-hybridized carbons (Fsp3) is 0.636. The van der Waals surface area contributed by atoms with E-state index in [0.717, 1.165) is 0 Å². The third-order valence-corrected chi connectivity index (χ3v) is 1.81. The van der Waals surface area contributed by atoms with Gasteiger partial charge in [-0.15, -0.1) is 6.58 Å². The first-order chi connectivity index (χ1) is 7.61. The van der Waals surface area contributed by atoms with E-state index in [0.29, 0.717) is 19.8 Å². The van der Waals surface area contributed by atoms with Crippen molar-refractivity contribution in [2.45, 2.75) is 13.8 Å². The number of hydrogen-bond donors (Lipinski definition) is 0. The van der Waals surface area contributed by atoms with Gasteiger partial charge in [-0.25, -0.2) is 0 Å². The second-order valence-electron chi connectivity index (χ2n) is 3.11. The molecule has 0 fully saturated rings. The molecule has 0 aliphatic rings. The van der Waals surface area contributed by atoms with Gasteiger partial charge in [0.15, 0.2) is 0 Å². The summed E-state index contributed by atoms with van der Waals surface area (Å²) in [6.07, 6.45) is 1.56. The van der Waals surface area contributed by atoms with E-state index in [1.165, 1.54) is 11.8 Å². The van der Waals surface area contributed by atoms with Crippen LogP contribution in [0, 0.1) is 0 Å². The molecule has 0 radical (unpaired) electrons. The molecule has 0 rings (SSSR count). The molecule has 5 heteroatoms. The van der Waals surface area contributed by atoms with Crippen LogP contribution in [0.1, 0.15) is 13.8 Å². The summed E-state index contributed by atoms with van der Waals surface area (Å²) < 4.78 is 9.89. The minimum atomic E-state index is -0.434. The zero-order chi connectivity index (χ0) is 12.4. The number of rotatable bonds is 8. The number of amides is 1. The van der Waals surface area contributed by atoms with E-state index in [1.54, 1.807) is 6.08 Å². The van der Waals surface area contributed by atoms with E-state index < -0.39 is 5.97 Å². The highest BCUT2D eigenvalue weighted by molar-refractivity contribution is 5.80. The molecule has 0 unspecified atom stereocenters. The molecule has 0 aliphatic carbocycles. The molecule has 0 saturated heterocycles. The Kier molecular flexibility index (Phi) is 8.15. The Morgan fingerprint density at radius 2 is 2.06 bits per heavy atom. The first kappa shape index (κ1) is 14.6. The molecule has 0 saturated carbocycles. The quantitative estimate of drug-likeness (QED) is 0.347. The minimum Gasteiger partial charge on any atom is -0.462 e. The Morgan fingerprint density at radius 1 is 1.38 bits per heavy atom. The molecule has 0 aromatic carbocycles. The molecule has 0 N–H and O–H groups in total. The van der Waals surface area contributed by atoms with Crippen LogP contribution in [0.4, 0.5) is 0 Å². The van der Waals surface area contributed by atoms with Crippen molar-refractivity contribution in [3.8, 4) is 0 Å². The van der Waals surface area contributed by atoms with E-state index in [9.17, 15) is 9.59 Å². The van der Waals surface area contributed by atoms with Crippen molar-refractivity contribution in [3.63, 3.8) is 0 Å². The smallest absolute Gasteiger partial charge is 0.325 e. The van der Waals surface area contributed by atoms with E-state index in [2.05, 4.69) is 6.58 Å². The highest BCUT2D eigenvalue weighted by Crippen LogP contribution is 1.92. The van der Waals surface area contributed by atoms with Gasteiger partial charge in [0.1, 0.15) is 13.2 Å². The molecule has 0 aromatic heterocycles. The molecular weight excluding hydrogens is 210 g/mol. The highest BCUT2D eigenvalue weighted by Gasteiger charge is 2.12. The van der Waals surface area contributed by atoms with Crippen molar-refractivity contribution >= 4 is 11.9 Å². The van der Waals surface area contributed by atoms with Gasteiger partial charge in [-0.05, 0) is 6.92 Å². The number of ether oxygens (including phenoxy) is 2. The SMILES string of the molecule is C=CCN(CC(=O)OCCOCC)C(C)=O. The first-order valence-corrected chi connectivity index (χ1v) is 5.21. The molecule has 0 atom stereocenters. The molecule has 0 aromatic rings. The third kappa shape index (κ3) is 7.00. The summed E-state index contributed by atoms with van der Waals surface area (Å²) in [6.45, 7) is 8.25. The number of esters is 1. The average Bonchev–Trinajstić information content (AvgIpc) is 2.23. The van der Waals surface area contributed by atoms with Crippen LogP contribution in [0.2, 0.25) is 0 Å². The van der Waals surface area contributed by atoms with Crippen molar-refractivity contribution in [1.29, 1.82) is 0 Å². The summed E-state index contributed by atoms with van der Waals surface area (Å²) in [5.74, 6) is -0.613. The van der Waals surface area contributed by atoms with Crippen molar-refractivity contribution in [2.24, 2.45) is 0 Å². The maximum Gasteiger partial charge on any atom is 0.325 e. The van der Waals surface area contributed by atoms with Gasteiger partial charge in [0.25, 0.3) is 0 Å². The Hall–Kier alpha value is -1.36. The van der Waals surface area contributed by atoms with Gasteiger partial charge in [-0.3, -0.25) is 9.59 Å². The van der Waals surface area contributed by atoms with Gasteiger partial charge in [0.2, 0.25) is 5.91 Å². The third-order valence-electron chi connectivity index (χ3n) is 1.81. The van der Waals surface area contributed by atoms with Gasteiger partial charge in [-0.2, -0.15) is 0 Å². The lowest BCUT2D eigenvalue weighted by Gasteiger charge is -2.17. The van der Waals surface area contributed by atoms with Crippen LogP contribution in [0.15, 0.2) is 12.7 Å². The number of nitrogens with zero attached hydrogens (tertiary/aromatic N) is 1. The Balaban J connectivity index is 3.81. The van der Waals surface area contributed by atoms with Gasteiger partial charge >= 0.3 is 5.97 Å². The van der Waals surface area contributed by atoms with Crippen LogP contribution in [0.3, 0.4) is 0 Å². The monoisotopic (exact) mass is 229 g/mol. The summed E-state index contributed by atoms with van der Waals surface area (Å²) in [4.78, 5) is 23.7. The summed E-state index contributed by atoms with van der Waals surface area (Å²) in [5.41, 5.74) is 0. The molecule has 0 bridgehead atoms. The summed E-state index contributed by atoms with van der Waals surface area (Å²) in [7, 11) is 0. The van der Waals surface area contributed by atoms with Gasteiger partial charge in [0.05, 0.1) is 6.61 Å². The molecule has 92 valence electrons. The van der Waals surface area contributed by atoms with Gasteiger partial charge in [-0.1, -0.05) is 6.08 Å². The number of carbonyl (C=O) groups excluding carboxylic acids is 2. The molecule has 0 aliphatic heterocycles. The average molecular weight is 229 g/mol. The molecular formula is C11H19NO4. The summed E-state index contributed by atoms with van der Waals surface area (Å²) >= 11 is 0. The largest absolute Gasteiger partial charge is 0.462 e. The predicted octanol–water partition coefficient (Wildman–Crippen LogP) is 0.601. The minimum absolute atomic E-state index is 0.0481. The standard InChI is InChI=1S/C11H19NO4/c1-4-6-12(10(3)13)9-11(14)16-8-7-15-5-2/h4H,1,5-9H2,2-3H3. The van der Waals surface area contributed by atoms with Gasteiger partial charge in [0, 0.05) is 20.1 Å². The zero-order valence-corrected chi connectivity index (χ0v) is 9.90. The second-order valence-corrected chi connectivity index (χ2v) is 3.11. The Labute approximate surface area is 96.0 Å². The lowest BCUT2D eigenvalue weighted by molar-refractivity contribution is -0.149. The van der Waals surface area contributed by atoms with E-state index in [4.69, 9.17) is 9.47 Å². The first-order valence-electron chi connectivity index (χ1n) is 5.21. The lowest BCUT2D eigenvalue weighted by Crippen LogP contribution is -2.35. The summed E-state index contributed by atoms with van der Waals surface area (Å²) in [5, 5.41) is 0. The predicted molar refractivity (Wildman–Crippen MR) is 59.9 cm³/mol. The van der Waals surface area contributed by atoms with E-state index in [1.807, 2.05) is 6.92 Å². The maximum absolute atomic E-state index is 11.3. The van der Waals surface area contributed by atoms with Crippen LogP contribution < -0.4 is 0 Å². The van der Waals surface area contributed by atoms with E-state index in [-0.39, 0.29) is 19.1 Å². The van der Waals surface area contributed by atoms with Crippen LogP contribution in [-0.4, -0.2) is 49.7 Å². The molecule has 0 heterocycles. The van der Waals surface area contributed by atoms with Crippen LogP contribution in [-0.2, 0) is 19.1 Å². The number of carbonyl (C=O) groups is 2. The maximum atomic E-state index is 11.3. The molecule has 1 amide bonds. The lowest BCUT2D eigenvalue weighted by atomic mass is 10.4. The zero-order valence-electron chi connectivity index (χ0n) is 9.90. The topological polar surface area (TPSA) is 55.8 Å². The van der Waals surface area contributed by atoms with Crippen LogP contribution in [0.5, 0.6) is 0 Å². The van der Waals surface area contributed by atoms with Crippen molar-refractivity contribution in [1.82, 2.24) is 4.90 Å². The number of hydrogen-bond acceptors (Lipinski definition) is 4. The fourth-order valence-electron chi connectivity index (χ4n) is 1.02. The van der Waals surface area contributed by atoms with E-state index >= 15 is 0 Å². The van der Waals surface area contributed by atoms with Crippen molar-refractivity contribution in [3.05, 3.63) is 12.7 Å². The van der Waals surface area contributed by atoms with Crippen LogP contribution in [0.25, 0.3) is 0 Å². The molecule has 16 heavy (non-hydrogen) atoms. The Bertz CT molecular complexity index is 240. The fourth-order valence-corrected chi connectivity index (χ4v) is 1.02. The highest BCUT2D eigenvalue weighted by atomic mass is 16.6. The van der Waals surface area contributed by atoms with Crippen molar-refractivity contribution < 1.29 is 19.1 Å². The van der Waals surface area contributed by atoms with Gasteiger partial charge < -0.3 is 14.4 Å². The Morgan fingerprint density at radius 3 is 2.56 bits per heavy atom. The second kappa shape index (κ2) is 8.91. The normalized spacial score (nSPS) is 9.62. The van der Waals surface area contributed by atoms with Crippen LogP contribution >= 0.6 is 0 Å². The van der Waals surface area contributed by atoms with Crippen molar-refractivity contribution in [2.75, 3.05) is 32.9 Å². The summed E-state index contributed by atoms with van der Waals surface area (Å²) in [6, 6.07) is 0.